The highest BCUT2D eigenvalue weighted by atomic mass is 16.5. The summed E-state index contributed by atoms with van der Waals surface area (Å²) in [5.41, 5.74) is 1.16. The van der Waals surface area contributed by atoms with E-state index in [9.17, 15) is 0 Å². The summed E-state index contributed by atoms with van der Waals surface area (Å²) in [6.45, 7) is 2.84. The topological polar surface area (TPSA) is 52.0 Å². The summed E-state index contributed by atoms with van der Waals surface area (Å²) in [4.78, 5) is 0. The van der Waals surface area contributed by atoms with Crippen LogP contribution in [0.15, 0.2) is 24.3 Å². The van der Waals surface area contributed by atoms with Crippen molar-refractivity contribution in [1.29, 1.82) is 0 Å². The molecule has 0 aliphatic heterocycles. The highest BCUT2D eigenvalue weighted by Gasteiger charge is 2.29. The standard InChI is InChI=1S/C16H22N4O/c1-11(13-6-4-5-7-14(13)21-3)17-10-15-18-19-16(20(15)2)12-8-9-12/h4-7,11-12,17H,8-10H2,1-3H3. The van der Waals surface area contributed by atoms with Crippen LogP contribution in [-0.4, -0.2) is 21.9 Å². The van der Waals surface area contributed by atoms with E-state index in [4.69, 9.17) is 4.74 Å². The van der Waals surface area contributed by atoms with E-state index in [1.807, 2.05) is 18.2 Å². The van der Waals surface area contributed by atoms with Crippen molar-refractivity contribution in [1.82, 2.24) is 20.1 Å². The Kier molecular flexibility index (Phi) is 3.92. The van der Waals surface area contributed by atoms with Crippen LogP contribution in [0.3, 0.4) is 0 Å². The molecule has 1 aliphatic carbocycles. The third-order valence-corrected chi connectivity index (χ3v) is 4.11. The van der Waals surface area contributed by atoms with Gasteiger partial charge in [-0.25, -0.2) is 0 Å². The molecule has 1 aromatic carbocycles. The van der Waals surface area contributed by atoms with Crippen LogP contribution in [0, 0.1) is 0 Å². The summed E-state index contributed by atoms with van der Waals surface area (Å²) < 4.78 is 7.54. The summed E-state index contributed by atoms with van der Waals surface area (Å²) >= 11 is 0. The lowest BCUT2D eigenvalue weighted by molar-refractivity contribution is 0.400. The Hall–Kier alpha value is -1.88. The fourth-order valence-electron chi connectivity index (χ4n) is 2.60. The lowest BCUT2D eigenvalue weighted by Gasteiger charge is -2.17. The average molecular weight is 286 g/mol. The molecule has 1 aliphatic rings. The van der Waals surface area contributed by atoms with Crippen LogP contribution < -0.4 is 10.1 Å². The smallest absolute Gasteiger partial charge is 0.146 e. The van der Waals surface area contributed by atoms with Gasteiger partial charge in [-0.05, 0) is 25.8 Å². The Balaban J connectivity index is 1.67. The molecule has 1 atom stereocenters. The first-order valence-corrected chi connectivity index (χ1v) is 7.45. The Morgan fingerprint density at radius 1 is 1.33 bits per heavy atom. The van der Waals surface area contributed by atoms with Crippen LogP contribution in [0.4, 0.5) is 0 Å². The molecule has 2 aromatic rings. The zero-order valence-electron chi connectivity index (χ0n) is 12.8. The van der Waals surface area contributed by atoms with Crippen LogP contribution in [0.25, 0.3) is 0 Å². The van der Waals surface area contributed by atoms with Crippen molar-refractivity contribution in [2.45, 2.75) is 38.3 Å². The number of hydrogen-bond acceptors (Lipinski definition) is 4. The predicted octanol–water partition coefficient (Wildman–Crippen LogP) is 2.55. The second-order valence-corrected chi connectivity index (χ2v) is 5.65. The Morgan fingerprint density at radius 3 is 2.81 bits per heavy atom. The Morgan fingerprint density at radius 2 is 2.10 bits per heavy atom. The number of benzene rings is 1. The number of nitrogens with zero attached hydrogens (tertiary/aromatic N) is 3. The lowest BCUT2D eigenvalue weighted by atomic mass is 10.1. The van der Waals surface area contributed by atoms with Gasteiger partial charge in [-0.1, -0.05) is 18.2 Å². The van der Waals surface area contributed by atoms with E-state index in [2.05, 4.69) is 40.1 Å². The van der Waals surface area contributed by atoms with Gasteiger partial charge in [0, 0.05) is 24.6 Å². The zero-order valence-corrected chi connectivity index (χ0v) is 12.8. The number of hydrogen-bond donors (Lipinski definition) is 1. The van der Waals surface area contributed by atoms with Gasteiger partial charge in [-0.15, -0.1) is 10.2 Å². The molecule has 1 saturated carbocycles. The van der Waals surface area contributed by atoms with Gasteiger partial charge in [0.2, 0.25) is 0 Å². The molecule has 0 spiro atoms. The fraction of sp³-hybridized carbons (Fsp3) is 0.500. The molecular weight excluding hydrogens is 264 g/mol. The normalized spacial score (nSPS) is 16.0. The third kappa shape index (κ3) is 2.93. The summed E-state index contributed by atoms with van der Waals surface area (Å²) in [7, 11) is 3.76. The Labute approximate surface area is 125 Å². The number of nitrogens with one attached hydrogen (secondary N) is 1. The van der Waals surface area contributed by atoms with Gasteiger partial charge in [-0.3, -0.25) is 0 Å². The summed E-state index contributed by atoms with van der Waals surface area (Å²) in [6.07, 6.45) is 2.49. The maximum absolute atomic E-state index is 5.41. The molecule has 5 heteroatoms. The van der Waals surface area contributed by atoms with E-state index in [0.717, 1.165) is 23.0 Å². The molecular formula is C16H22N4O. The van der Waals surface area contributed by atoms with Crippen molar-refractivity contribution < 1.29 is 4.74 Å². The second kappa shape index (κ2) is 5.85. The van der Waals surface area contributed by atoms with Crippen LogP contribution in [0.5, 0.6) is 5.75 Å². The zero-order chi connectivity index (χ0) is 14.8. The molecule has 0 radical (unpaired) electrons. The SMILES string of the molecule is COc1ccccc1C(C)NCc1nnc(C2CC2)n1C. The average Bonchev–Trinajstić information content (AvgIpc) is 3.29. The van der Waals surface area contributed by atoms with E-state index in [-0.39, 0.29) is 6.04 Å². The maximum Gasteiger partial charge on any atom is 0.146 e. The van der Waals surface area contributed by atoms with Gasteiger partial charge in [-0.2, -0.15) is 0 Å². The van der Waals surface area contributed by atoms with Crippen LogP contribution in [0.1, 0.15) is 48.9 Å². The molecule has 112 valence electrons. The molecule has 0 amide bonds. The summed E-state index contributed by atoms with van der Waals surface area (Å²) in [5.74, 6) is 3.65. The van der Waals surface area contributed by atoms with E-state index in [0.29, 0.717) is 12.5 Å². The van der Waals surface area contributed by atoms with Crippen molar-refractivity contribution >= 4 is 0 Å². The first-order chi connectivity index (χ1) is 10.2. The lowest BCUT2D eigenvalue weighted by Crippen LogP contribution is -2.21. The van der Waals surface area contributed by atoms with Gasteiger partial charge in [0.25, 0.3) is 0 Å². The van der Waals surface area contributed by atoms with Gasteiger partial charge in [0.15, 0.2) is 0 Å². The van der Waals surface area contributed by atoms with Crippen LogP contribution in [0.2, 0.25) is 0 Å². The highest BCUT2D eigenvalue weighted by Crippen LogP contribution is 2.38. The van der Waals surface area contributed by atoms with Crippen molar-refractivity contribution in [3.8, 4) is 5.75 Å². The molecule has 1 unspecified atom stereocenters. The minimum Gasteiger partial charge on any atom is -0.496 e. The van der Waals surface area contributed by atoms with E-state index in [1.54, 1.807) is 7.11 Å². The van der Waals surface area contributed by atoms with Crippen molar-refractivity contribution in [3.63, 3.8) is 0 Å². The molecule has 1 N–H and O–H groups in total. The van der Waals surface area contributed by atoms with Gasteiger partial charge >= 0.3 is 0 Å². The summed E-state index contributed by atoms with van der Waals surface area (Å²) in [5, 5.41) is 12.1. The maximum atomic E-state index is 5.41. The molecule has 1 fully saturated rings. The molecule has 0 bridgehead atoms. The van der Waals surface area contributed by atoms with E-state index >= 15 is 0 Å². The van der Waals surface area contributed by atoms with Crippen molar-refractivity contribution in [2.24, 2.45) is 7.05 Å². The van der Waals surface area contributed by atoms with Gasteiger partial charge in [0.1, 0.15) is 17.4 Å². The number of methoxy groups -OCH3 is 1. The van der Waals surface area contributed by atoms with E-state index in [1.165, 1.54) is 12.8 Å². The van der Waals surface area contributed by atoms with Gasteiger partial charge in [0.05, 0.1) is 13.7 Å². The number of para-hydroxylation sites is 1. The molecule has 0 saturated heterocycles. The Bertz CT molecular complexity index is 618. The van der Waals surface area contributed by atoms with E-state index < -0.39 is 0 Å². The minimum atomic E-state index is 0.197. The minimum absolute atomic E-state index is 0.197. The predicted molar refractivity (Wildman–Crippen MR) is 81.2 cm³/mol. The number of aromatic nitrogens is 3. The van der Waals surface area contributed by atoms with Gasteiger partial charge < -0.3 is 14.6 Å². The van der Waals surface area contributed by atoms with Crippen LogP contribution >= 0.6 is 0 Å². The molecule has 5 nitrogen and oxygen atoms in total. The first kappa shape index (κ1) is 14.1. The number of rotatable bonds is 6. The molecule has 21 heavy (non-hydrogen) atoms. The third-order valence-electron chi connectivity index (χ3n) is 4.11. The van der Waals surface area contributed by atoms with Crippen molar-refractivity contribution in [2.75, 3.05) is 7.11 Å². The second-order valence-electron chi connectivity index (χ2n) is 5.65. The first-order valence-electron chi connectivity index (χ1n) is 7.45. The monoisotopic (exact) mass is 286 g/mol. The highest BCUT2D eigenvalue weighted by molar-refractivity contribution is 5.35. The number of ether oxygens (including phenoxy) is 1. The fourth-order valence-corrected chi connectivity index (χ4v) is 2.60. The molecule has 1 aromatic heterocycles. The quantitative estimate of drug-likeness (QED) is 0.886. The van der Waals surface area contributed by atoms with Crippen LogP contribution in [-0.2, 0) is 13.6 Å². The molecule has 1 heterocycles. The summed E-state index contributed by atoms with van der Waals surface area (Å²) in [6, 6.07) is 8.29. The molecule has 3 rings (SSSR count). The van der Waals surface area contributed by atoms with Crippen molar-refractivity contribution in [3.05, 3.63) is 41.5 Å². The largest absolute Gasteiger partial charge is 0.496 e.